The first kappa shape index (κ1) is 10.8. The molecule has 1 heterocycles. The molecule has 1 N–H and O–H groups in total. The number of nitrogens with one attached hydrogen (secondary N) is 1. The van der Waals surface area contributed by atoms with Crippen LogP contribution in [0.15, 0.2) is 17.7 Å². The molecule has 0 bridgehead atoms. The first-order valence-electron chi connectivity index (χ1n) is 3.59. The van der Waals surface area contributed by atoms with E-state index in [1.807, 2.05) is 0 Å². The Labute approximate surface area is 83.4 Å². The van der Waals surface area contributed by atoms with E-state index in [-0.39, 0.29) is 11.6 Å². The van der Waals surface area contributed by atoms with Gasteiger partial charge < -0.3 is 5.32 Å². The summed E-state index contributed by atoms with van der Waals surface area (Å²) in [6, 6.07) is 0.404. The van der Waals surface area contributed by atoms with Crippen molar-refractivity contribution >= 4 is 17.4 Å². The van der Waals surface area contributed by atoms with Crippen molar-refractivity contribution < 1.29 is 13.2 Å². The molecule has 1 aromatic rings. The third-order valence-corrected chi connectivity index (χ3v) is 1.47. The number of hydrogen-bond acceptors (Lipinski definition) is 2. The molecule has 0 radical (unpaired) electrons. The number of nitrogens with zero attached hydrogens (tertiary/aromatic N) is 1. The molecule has 76 valence electrons. The highest BCUT2D eigenvalue weighted by molar-refractivity contribution is 6.29. The maximum Gasteiger partial charge on any atom is 0.251 e. The van der Waals surface area contributed by atoms with Gasteiger partial charge in [-0.25, -0.2) is 8.78 Å². The van der Waals surface area contributed by atoms with Crippen LogP contribution in [-0.2, 0) is 0 Å². The van der Waals surface area contributed by atoms with E-state index in [4.69, 9.17) is 11.6 Å². The minimum absolute atomic E-state index is 0.0244. The SMILES string of the molecule is C=C(Cl)CNc1nc(F)c(F)cc1F. The summed E-state index contributed by atoms with van der Waals surface area (Å²) in [5.74, 6) is -4.08. The van der Waals surface area contributed by atoms with Gasteiger partial charge in [-0.3, -0.25) is 0 Å². The first-order chi connectivity index (χ1) is 6.50. The molecule has 1 aromatic heterocycles. The predicted octanol–water partition coefficient (Wildman–Crippen LogP) is 2.66. The van der Waals surface area contributed by atoms with E-state index in [9.17, 15) is 13.2 Å². The van der Waals surface area contributed by atoms with E-state index < -0.39 is 23.4 Å². The normalized spacial score (nSPS) is 10.0. The lowest BCUT2D eigenvalue weighted by atomic mass is 10.4. The first-order valence-corrected chi connectivity index (χ1v) is 3.97. The second kappa shape index (κ2) is 4.32. The van der Waals surface area contributed by atoms with Crippen molar-refractivity contribution in [2.45, 2.75) is 0 Å². The van der Waals surface area contributed by atoms with Gasteiger partial charge in [-0.2, -0.15) is 9.37 Å². The Kier molecular flexibility index (Phi) is 3.35. The highest BCUT2D eigenvalue weighted by Gasteiger charge is 2.10. The Hall–Kier alpha value is -1.23. The smallest absolute Gasteiger partial charge is 0.251 e. The number of halogens is 4. The Morgan fingerprint density at radius 3 is 2.64 bits per heavy atom. The van der Waals surface area contributed by atoms with Gasteiger partial charge in [0.25, 0.3) is 5.95 Å². The Bertz CT molecular complexity index is 368. The number of anilines is 1. The third-order valence-electron chi connectivity index (χ3n) is 1.33. The van der Waals surface area contributed by atoms with Crippen molar-refractivity contribution in [1.29, 1.82) is 0 Å². The van der Waals surface area contributed by atoms with E-state index in [1.165, 1.54) is 0 Å². The summed E-state index contributed by atoms with van der Waals surface area (Å²) in [7, 11) is 0. The molecule has 0 spiro atoms. The Balaban J connectivity index is 2.87. The summed E-state index contributed by atoms with van der Waals surface area (Å²) in [5, 5.41) is 2.56. The monoisotopic (exact) mass is 222 g/mol. The molecule has 0 aliphatic heterocycles. The standard InChI is InChI=1S/C8H6ClF3N2/c1-4(9)3-13-8-6(11)2-5(10)7(12)14-8/h2H,1,3H2,(H,13,14). The van der Waals surface area contributed by atoms with Crippen molar-refractivity contribution in [3.63, 3.8) is 0 Å². The molecule has 0 fully saturated rings. The predicted molar refractivity (Wildman–Crippen MR) is 47.6 cm³/mol. The molecule has 0 saturated carbocycles. The molecule has 0 aliphatic carbocycles. The van der Waals surface area contributed by atoms with Crippen LogP contribution in [0.25, 0.3) is 0 Å². The van der Waals surface area contributed by atoms with E-state index in [1.54, 1.807) is 0 Å². The van der Waals surface area contributed by atoms with Crippen LogP contribution in [0, 0.1) is 17.6 Å². The van der Waals surface area contributed by atoms with E-state index in [0.29, 0.717) is 6.07 Å². The fourth-order valence-electron chi connectivity index (χ4n) is 0.748. The lowest BCUT2D eigenvalue weighted by Crippen LogP contribution is -2.07. The molecule has 6 heteroatoms. The topological polar surface area (TPSA) is 24.9 Å². The molecular weight excluding hydrogens is 217 g/mol. The fourth-order valence-corrected chi connectivity index (χ4v) is 0.815. The number of aromatic nitrogens is 1. The van der Waals surface area contributed by atoms with E-state index in [2.05, 4.69) is 16.9 Å². The van der Waals surface area contributed by atoms with Crippen LogP contribution in [0.3, 0.4) is 0 Å². The van der Waals surface area contributed by atoms with Crippen LogP contribution in [-0.4, -0.2) is 11.5 Å². The molecule has 0 unspecified atom stereocenters. The highest BCUT2D eigenvalue weighted by Crippen LogP contribution is 2.14. The highest BCUT2D eigenvalue weighted by atomic mass is 35.5. The van der Waals surface area contributed by atoms with Crippen LogP contribution in [0.4, 0.5) is 19.0 Å². The summed E-state index contributed by atoms with van der Waals surface area (Å²) >= 11 is 5.38. The number of hydrogen-bond donors (Lipinski definition) is 1. The Morgan fingerprint density at radius 1 is 1.43 bits per heavy atom. The molecule has 0 aromatic carbocycles. The van der Waals surface area contributed by atoms with Crippen molar-refractivity contribution in [3.05, 3.63) is 35.3 Å². The van der Waals surface area contributed by atoms with Crippen LogP contribution in [0.2, 0.25) is 0 Å². The summed E-state index contributed by atoms with van der Waals surface area (Å²) < 4.78 is 37.8. The molecular formula is C8H6ClF3N2. The molecule has 2 nitrogen and oxygen atoms in total. The molecule has 14 heavy (non-hydrogen) atoms. The summed E-state index contributed by atoms with van der Waals surface area (Å²) in [6.45, 7) is 3.35. The average Bonchev–Trinajstić information content (AvgIpc) is 2.09. The van der Waals surface area contributed by atoms with Crippen LogP contribution < -0.4 is 5.32 Å². The lowest BCUT2D eigenvalue weighted by molar-refractivity contribution is 0.466. The quantitative estimate of drug-likeness (QED) is 0.796. The molecule has 0 amide bonds. The van der Waals surface area contributed by atoms with Crippen LogP contribution in [0.5, 0.6) is 0 Å². The third kappa shape index (κ3) is 2.63. The summed E-state index contributed by atoms with van der Waals surface area (Å²) in [6.07, 6.45) is 0. The maximum absolute atomic E-state index is 12.9. The maximum atomic E-state index is 12.9. The van der Waals surface area contributed by atoms with E-state index in [0.717, 1.165) is 0 Å². The van der Waals surface area contributed by atoms with E-state index >= 15 is 0 Å². The van der Waals surface area contributed by atoms with Crippen molar-refractivity contribution in [2.24, 2.45) is 0 Å². The minimum Gasteiger partial charge on any atom is -0.363 e. The van der Waals surface area contributed by atoms with Gasteiger partial charge in [-0.15, -0.1) is 0 Å². The zero-order valence-corrected chi connectivity index (χ0v) is 7.71. The van der Waals surface area contributed by atoms with Gasteiger partial charge in [0, 0.05) is 11.1 Å². The van der Waals surface area contributed by atoms with Crippen molar-refractivity contribution in [2.75, 3.05) is 11.9 Å². The fraction of sp³-hybridized carbons (Fsp3) is 0.125. The van der Waals surface area contributed by atoms with Gasteiger partial charge in [-0.05, 0) is 0 Å². The zero-order chi connectivity index (χ0) is 10.7. The molecule has 1 rings (SSSR count). The average molecular weight is 223 g/mol. The van der Waals surface area contributed by atoms with Crippen molar-refractivity contribution in [3.8, 4) is 0 Å². The van der Waals surface area contributed by atoms with Gasteiger partial charge in [0.15, 0.2) is 17.5 Å². The van der Waals surface area contributed by atoms with Gasteiger partial charge in [-0.1, -0.05) is 18.2 Å². The minimum atomic E-state index is -1.37. The zero-order valence-electron chi connectivity index (χ0n) is 6.95. The lowest BCUT2D eigenvalue weighted by Gasteiger charge is -2.05. The van der Waals surface area contributed by atoms with Gasteiger partial charge in [0.05, 0.1) is 6.54 Å². The van der Waals surface area contributed by atoms with Gasteiger partial charge >= 0.3 is 0 Å². The Morgan fingerprint density at radius 2 is 2.07 bits per heavy atom. The summed E-state index contributed by atoms with van der Waals surface area (Å²) in [5.41, 5.74) is 0. The van der Waals surface area contributed by atoms with Crippen LogP contribution >= 0.6 is 11.6 Å². The largest absolute Gasteiger partial charge is 0.363 e. The molecule has 0 saturated heterocycles. The number of rotatable bonds is 3. The molecule has 0 atom stereocenters. The molecule has 0 aliphatic rings. The summed E-state index contributed by atoms with van der Waals surface area (Å²) in [4.78, 5) is 3.02. The number of pyridine rings is 1. The second-order valence-corrected chi connectivity index (χ2v) is 3.00. The second-order valence-electron chi connectivity index (χ2n) is 2.46. The van der Waals surface area contributed by atoms with Gasteiger partial charge in [0.1, 0.15) is 0 Å². The van der Waals surface area contributed by atoms with Crippen LogP contribution in [0.1, 0.15) is 0 Å². The van der Waals surface area contributed by atoms with Crippen molar-refractivity contribution in [1.82, 2.24) is 4.98 Å². The van der Waals surface area contributed by atoms with Gasteiger partial charge in [0.2, 0.25) is 0 Å².